The number of halogens is 1. The van der Waals surface area contributed by atoms with Gasteiger partial charge in [-0.1, -0.05) is 0 Å². The van der Waals surface area contributed by atoms with Gasteiger partial charge in [0.2, 0.25) is 5.91 Å². The molecule has 2 fully saturated rings. The molecular weight excluding hydrogens is 214 g/mol. The predicted octanol–water partition coefficient (Wildman–Crippen LogP) is 1.79. The van der Waals surface area contributed by atoms with E-state index < -0.39 is 0 Å². The highest BCUT2D eigenvalue weighted by molar-refractivity contribution is 6.18. The van der Waals surface area contributed by atoms with Crippen LogP contribution in [0.2, 0.25) is 0 Å². The zero-order valence-electron chi connectivity index (χ0n) is 8.95. The van der Waals surface area contributed by atoms with Crippen LogP contribution >= 0.6 is 11.6 Å². The maximum atomic E-state index is 12.0. The lowest BCUT2D eigenvalue weighted by atomic mass is 10.1. The molecular formula is C11H18ClNO2. The summed E-state index contributed by atoms with van der Waals surface area (Å²) in [5.74, 6) is 0.794. The molecule has 4 heteroatoms. The molecule has 0 bridgehead atoms. The molecule has 2 atom stereocenters. The van der Waals surface area contributed by atoms with E-state index in [4.69, 9.17) is 16.3 Å². The van der Waals surface area contributed by atoms with Gasteiger partial charge in [0.15, 0.2) is 0 Å². The van der Waals surface area contributed by atoms with E-state index in [2.05, 4.69) is 0 Å². The molecule has 15 heavy (non-hydrogen) atoms. The minimum absolute atomic E-state index is 0.161. The Kier molecular flexibility index (Phi) is 3.87. The van der Waals surface area contributed by atoms with Gasteiger partial charge in [0.1, 0.15) is 0 Å². The van der Waals surface area contributed by atoms with E-state index in [1.54, 1.807) is 0 Å². The smallest absolute Gasteiger partial charge is 0.225 e. The summed E-state index contributed by atoms with van der Waals surface area (Å²) in [6, 6.07) is 0.264. The van der Waals surface area contributed by atoms with Crippen molar-refractivity contribution in [1.29, 1.82) is 0 Å². The molecule has 0 aromatic heterocycles. The van der Waals surface area contributed by atoms with Crippen molar-refractivity contribution in [3.05, 3.63) is 0 Å². The Labute approximate surface area is 95.7 Å². The molecule has 0 aromatic carbocycles. The van der Waals surface area contributed by atoms with Gasteiger partial charge in [-0.25, -0.2) is 0 Å². The maximum Gasteiger partial charge on any atom is 0.225 e. The second-order valence-corrected chi connectivity index (χ2v) is 4.69. The van der Waals surface area contributed by atoms with Gasteiger partial charge < -0.3 is 9.64 Å². The molecule has 0 spiro atoms. The van der Waals surface area contributed by atoms with Crippen molar-refractivity contribution in [2.45, 2.75) is 44.2 Å². The van der Waals surface area contributed by atoms with E-state index in [0.29, 0.717) is 12.3 Å². The number of hydrogen-bond acceptors (Lipinski definition) is 2. The van der Waals surface area contributed by atoms with E-state index >= 15 is 0 Å². The Morgan fingerprint density at radius 3 is 2.93 bits per heavy atom. The van der Waals surface area contributed by atoms with Gasteiger partial charge >= 0.3 is 0 Å². The number of amides is 1. The lowest BCUT2D eigenvalue weighted by molar-refractivity contribution is -0.133. The van der Waals surface area contributed by atoms with Crippen LogP contribution < -0.4 is 0 Å². The van der Waals surface area contributed by atoms with Gasteiger partial charge in [-0.15, -0.1) is 11.6 Å². The maximum absolute atomic E-state index is 12.0. The van der Waals surface area contributed by atoms with Crippen LogP contribution in [0.5, 0.6) is 0 Å². The van der Waals surface area contributed by atoms with Crippen LogP contribution in [0.4, 0.5) is 0 Å². The average molecular weight is 232 g/mol. The summed E-state index contributed by atoms with van der Waals surface area (Å²) in [4.78, 5) is 13.9. The van der Waals surface area contributed by atoms with E-state index in [1.165, 1.54) is 0 Å². The van der Waals surface area contributed by atoms with Crippen LogP contribution in [0.25, 0.3) is 0 Å². The normalized spacial score (nSPS) is 31.1. The van der Waals surface area contributed by atoms with Crippen molar-refractivity contribution in [2.24, 2.45) is 0 Å². The van der Waals surface area contributed by atoms with Gasteiger partial charge in [-0.3, -0.25) is 4.79 Å². The number of ether oxygens (including phenoxy) is 1. The number of carbonyl (C=O) groups excluding carboxylic acids is 1. The summed E-state index contributed by atoms with van der Waals surface area (Å²) in [7, 11) is 0. The highest BCUT2D eigenvalue weighted by Crippen LogP contribution is 2.22. The summed E-state index contributed by atoms with van der Waals surface area (Å²) in [6.07, 6.45) is 4.99. The van der Waals surface area contributed by atoms with Crippen LogP contribution in [-0.4, -0.2) is 42.0 Å². The summed E-state index contributed by atoms with van der Waals surface area (Å²) in [6.45, 7) is 1.69. The molecule has 2 rings (SSSR count). The van der Waals surface area contributed by atoms with E-state index in [9.17, 15) is 4.79 Å². The van der Waals surface area contributed by atoms with Crippen molar-refractivity contribution in [1.82, 2.24) is 4.90 Å². The molecule has 2 unspecified atom stereocenters. The third kappa shape index (κ3) is 2.64. The molecule has 2 aliphatic heterocycles. The molecule has 86 valence electrons. The molecule has 3 nitrogen and oxygen atoms in total. The van der Waals surface area contributed by atoms with E-state index in [0.717, 1.165) is 38.8 Å². The van der Waals surface area contributed by atoms with Crippen LogP contribution in [0.1, 0.15) is 32.1 Å². The minimum Gasteiger partial charge on any atom is -0.378 e. The van der Waals surface area contributed by atoms with Gasteiger partial charge in [0.25, 0.3) is 0 Å². The SMILES string of the molecule is O=C(CC1CCCO1)N1CCCC1CCl. The number of nitrogens with zero attached hydrogens (tertiary/aromatic N) is 1. The summed E-state index contributed by atoms with van der Waals surface area (Å²) >= 11 is 5.84. The fourth-order valence-electron chi connectivity index (χ4n) is 2.44. The molecule has 0 aliphatic carbocycles. The van der Waals surface area contributed by atoms with Crippen LogP contribution in [0, 0.1) is 0 Å². The monoisotopic (exact) mass is 231 g/mol. The van der Waals surface area contributed by atoms with Crippen molar-refractivity contribution in [3.63, 3.8) is 0 Å². The first-order chi connectivity index (χ1) is 7.31. The van der Waals surface area contributed by atoms with Crippen LogP contribution in [-0.2, 0) is 9.53 Å². The van der Waals surface area contributed by atoms with Crippen molar-refractivity contribution in [3.8, 4) is 0 Å². The second kappa shape index (κ2) is 5.17. The van der Waals surface area contributed by atoms with Crippen molar-refractivity contribution in [2.75, 3.05) is 19.0 Å². The zero-order chi connectivity index (χ0) is 10.7. The quantitative estimate of drug-likeness (QED) is 0.693. The molecule has 0 N–H and O–H groups in total. The zero-order valence-corrected chi connectivity index (χ0v) is 9.71. The highest BCUT2D eigenvalue weighted by atomic mass is 35.5. The molecule has 0 radical (unpaired) electrons. The number of likely N-dealkylation sites (tertiary alicyclic amines) is 1. The highest BCUT2D eigenvalue weighted by Gasteiger charge is 2.30. The largest absolute Gasteiger partial charge is 0.378 e. The molecule has 1 amide bonds. The summed E-state index contributed by atoms with van der Waals surface area (Å²) in [5, 5.41) is 0. The molecule has 2 saturated heterocycles. The van der Waals surface area contributed by atoms with Gasteiger partial charge in [-0.2, -0.15) is 0 Å². The molecule has 0 saturated carbocycles. The molecule has 2 aliphatic rings. The first-order valence-corrected chi connectivity index (χ1v) is 6.31. The van der Waals surface area contributed by atoms with Crippen LogP contribution in [0.3, 0.4) is 0 Å². The number of hydrogen-bond donors (Lipinski definition) is 0. The third-order valence-electron chi connectivity index (χ3n) is 3.30. The number of alkyl halides is 1. The Balaban J connectivity index is 1.83. The Morgan fingerprint density at radius 2 is 2.27 bits per heavy atom. The Bertz CT molecular complexity index is 229. The predicted molar refractivity (Wildman–Crippen MR) is 59.0 cm³/mol. The summed E-state index contributed by atoms with van der Waals surface area (Å²) in [5.41, 5.74) is 0. The standard InChI is InChI=1S/C11H18ClNO2/c12-8-9-3-1-5-13(9)11(14)7-10-4-2-6-15-10/h9-10H,1-8H2. The van der Waals surface area contributed by atoms with Crippen molar-refractivity contribution >= 4 is 17.5 Å². The van der Waals surface area contributed by atoms with Gasteiger partial charge in [0, 0.05) is 25.1 Å². The lowest BCUT2D eigenvalue weighted by Crippen LogP contribution is -2.38. The fourth-order valence-corrected chi connectivity index (χ4v) is 2.76. The third-order valence-corrected chi connectivity index (χ3v) is 3.66. The molecule has 2 heterocycles. The Hall–Kier alpha value is -0.280. The number of carbonyl (C=O) groups is 1. The van der Waals surface area contributed by atoms with Crippen LogP contribution in [0.15, 0.2) is 0 Å². The topological polar surface area (TPSA) is 29.5 Å². The fraction of sp³-hybridized carbons (Fsp3) is 0.909. The number of rotatable bonds is 3. The average Bonchev–Trinajstić information content (AvgIpc) is 2.86. The molecule has 0 aromatic rings. The minimum atomic E-state index is 0.161. The summed E-state index contributed by atoms with van der Waals surface area (Å²) < 4.78 is 5.47. The lowest BCUT2D eigenvalue weighted by Gasteiger charge is -2.24. The van der Waals surface area contributed by atoms with E-state index in [1.807, 2.05) is 4.90 Å². The second-order valence-electron chi connectivity index (χ2n) is 4.38. The Morgan fingerprint density at radius 1 is 1.40 bits per heavy atom. The van der Waals surface area contributed by atoms with E-state index in [-0.39, 0.29) is 18.1 Å². The first kappa shape index (κ1) is 11.2. The van der Waals surface area contributed by atoms with Gasteiger partial charge in [-0.05, 0) is 25.7 Å². The van der Waals surface area contributed by atoms with Gasteiger partial charge in [0.05, 0.1) is 12.5 Å². The van der Waals surface area contributed by atoms with Crippen molar-refractivity contribution < 1.29 is 9.53 Å². The first-order valence-electron chi connectivity index (χ1n) is 5.78.